The lowest BCUT2D eigenvalue weighted by molar-refractivity contribution is -0.138. The van der Waals surface area contributed by atoms with Gasteiger partial charge < -0.3 is 4.57 Å². The molecule has 2 aromatic heterocycles. The van der Waals surface area contributed by atoms with Gasteiger partial charge in [0.15, 0.2) is 0 Å². The van der Waals surface area contributed by atoms with Gasteiger partial charge in [-0.05, 0) is 74.1 Å². The second-order valence-corrected chi connectivity index (χ2v) is 11.2. The minimum Gasteiger partial charge on any atom is -0.322 e. The largest absolute Gasteiger partial charge is 0.322 e. The number of imidazole rings is 1. The number of rotatable bonds is 5. The zero-order valence-corrected chi connectivity index (χ0v) is 20.7. The predicted molar refractivity (Wildman–Crippen MR) is 137 cm³/mol. The molecule has 0 bridgehead atoms. The number of fused-ring (bicyclic) bond motifs is 4. The summed E-state index contributed by atoms with van der Waals surface area (Å²) in [6, 6.07) is 11.5. The summed E-state index contributed by atoms with van der Waals surface area (Å²) in [5.41, 5.74) is 4.55. The highest BCUT2D eigenvalue weighted by atomic mass is 19.1. The Morgan fingerprint density at radius 1 is 1.14 bits per heavy atom. The highest BCUT2D eigenvalue weighted by Crippen LogP contribution is 2.56. The Hall–Kier alpha value is -3.28. The first-order valence-corrected chi connectivity index (χ1v) is 13.3. The molecule has 1 atom stereocenters. The molecule has 2 aromatic carbocycles. The van der Waals surface area contributed by atoms with Crippen LogP contribution in [0, 0.1) is 17.2 Å². The number of aromatic nitrogens is 4. The van der Waals surface area contributed by atoms with E-state index in [1.165, 1.54) is 23.4 Å². The lowest BCUT2D eigenvalue weighted by Gasteiger charge is -2.48. The van der Waals surface area contributed by atoms with Crippen molar-refractivity contribution in [3.05, 3.63) is 72.1 Å². The molecule has 3 heterocycles. The maximum Gasteiger partial charge on any atom is 0.141 e. The summed E-state index contributed by atoms with van der Waals surface area (Å²) in [6.45, 7) is 0. The van der Waals surface area contributed by atoms with Crippen molar-refractivity contribution in [3.63, 3.8) is 0 Å². The first-order chi connectivity index (χ1) is 17.5. The van der Waals surface area contributed by atoms with E-state index in [9.17, 15) is 4.79 Å². The highest BCUT2D eigenvalue weighted by molar-refractivity contribution is 5.87. The molecule has 0 amide bonds. The molecule has 4 aromatic rings. The van der Waals surface area contributed by atoms with Crippen molar-refractivity contribution in [1.82, 2.24) is 19.3 Å². The molecule has 184 valence electrons. The van der Waals surface area contributed by atoms with E-state index in [1.54, 1.807) is 18.6 Å². The van der Waals surface area contributed by atoms with E-state index in [1.807, 2.05) is 22.4 Å². The van der Waals surface area contributed by atoms with E-state index in [0.29, 0.717) is 29.6 Å². The minimum atomic E-state index is -0.297. The standard InChI is InChI=1S/C30H31FN4O/c1-34-17-21-14-20(8-9-25(21)33-34)19-10-12-30(13-11-19,22-4-2-5-22)28(36)15-26-29-23(6-3-7-24(29)31)27-16-32-18-35(26)27/h3,6-9,14,16-19,22,26H,2,4-5,10-13,15H2,1H3. The SMILES string of the molecule is Cn1cc2cc(C3CCC(C(=O)CC4c5c(F)cccc5-c5cncn54)(C4CCC4)CC3)ccc2n1. The maximum atomic E-state index is 15.0. The van der Waals surface area contributed by atoms with Gasteiger partial charge in [-0.15, -0.1) is 0 Å². The molecule has 2 aliphatic carbocycles. The molecule has 2 fully saturated rings. The molecule has 0 N–H and O–H groups in total. The zero-order chi connectivity index (χ0) is 24.4. The van der Waals surface area contributed by atoms with Crippen molar-refractivity contribution in [3.8, 4) is 11.3 Å². The number of Topliss-reactive ketones (excluding diaryl/α,β-unsaturated/α-hetero) is 1. The highest BCUT2D eigenvalue weighted by Gasteiger charge is 2.50. The first kappa shape index (κ1) is 22.0. The lowest BCUT2D eigenvalue weighted by Crippen LogP contribution is -2.45. The molecule has 1 aliphatic heterocycles. The van der Waals surface area contributed by atoms with Crippen LogP contribution < -0.4 is 0 Å². The van der Waals surface area contributed by atoms with E-state index in [-0.39, 0.29) is 17.3 Å². The summed E-state index contributed by atoms with van der Waals surface area (Å²) in [4.78, 5) is 18.5. The summed E-state index contributed by atoms with van der Waals surface area (Å²) in [5.74, 6) is 1.05. The average Bonchev–Trinajstić information content (AvgIpc) is 3.53. The number of nitrogens with zero attached hydrogens (tertiary/aromatic N) is 4. The van der Waals surface area contributed by atoms with Gasteiger partial charge in [0, 0.05) is 41.6 Å². The van der Waals surface area contributed by atoms with Crippen LogP contribution in [0.4, 0.5) is 4.39 Å². The number of carbonyl (C=O) groups excluding carboxylic acids is 1. The Balaban J connectivity index is 1.16. The third-order valence-electron chi connectivity index (χ3n) is 9.48. The summed E-state index contributed by atoms with van der Waals surface area (Å²) >= 11 is 0. The normalized spacial score (nSPS) is 25.5. The quantitative estimate of drug-likeness (QED) is 0.323. The van der Waals surface area contributed by atoms with Crippen LogP contribution in [0.3, 0.4) is 0 Å². The number of hydrogen-bond donors (Lipinski definition) is 0. The molecule has 3 aliphatic rings. The molecule has 2 saturated carbocycles. The topological polar surface area (TPSA) is 52.7 Å². The van der Waals surface area contributed by atoms with Crippen LogP contribution in [-0.4, -0.2) is 25.1 Å². The average molecular weight is 483 g/mol. The van der Waals surface area contributed by atoms with Crippen LogP contribution >= 0.6 is 0 Å². The number of aryl methyl sites for hydroxylation is 1. The van der Waals surface area contributed by atoms with Crippen molar-refractivity contribution in [2.75, 3.05) is 0 Å². The van der Waals surface area contributed by atoms with Crippen molar-refractivity contribution in [2.24, 2.45) is 18.4 Å². The van der Waals surface area contributed by atoms with Gasteiger partial charge in [-0.3, -0.25) is 9.48 Å². The van der Waals surface area contributed by atoms with Crippen LogP contribution in [0.2, 0.25) is 0 Å². The van der Waals surface area contributed by atoms with Gasteiger partial charge in [-0.2, -0.15) is 5.10 Å². The monoisotopic (exact) mass is 482 g/mol. The molecule has 7 rings (SSSR count). The van der Waals surface area contributed by atoms with Gasteiger partial charge in [0.05, 0.1) is 29.8 Å². The van der Waals surface area contributed by atoms with E-state index >= 15 is 4.39 Å². The van der Waals surface area contributed by atoms with E-state index in [0.717, 1.165) is 55.3 Å². The van der Waals surface area contributed by atoms with Crippen LogP contribution in [0.1, 0.15) is 74.5 Å². The molecule has 6 heteroatoms. The Kier molecular flexibility index (Phi) is 4.95. The smallest absolute Gasteiger partial charge is 0.141 e. The van der Waals surface area contributed by atoms with Crippen LogP contribution in [-0.2, 0) is 11.8 Å². The summed E-state index contributed by atoms with van der Waals surface area (Å²) < 4.78 is 18.9. The third-order valence-corrected chi connectivity index (χ3v) is 9.48. The molecule has 1 unspecified atom stereocenters. The van der Waals surface area contributed by atoms with Crippen molar-refractivity contribution < 1.29 is 9.18 Å². The Labute approximate surface area is 210 Å². The molecule has 0 spiro atoms. The van der Waals surface area contributed by atoms with Crippen LogP contribution in [0.5, 0.6) is 0 Å². The van der Waals surface area contributed by atoms with Crippen LogP contribution in [0.25, 0.3) is 22.2 Å². The summed E-state index contributed by atoms with van der Waals surface area (Å²) in [6.07, 6.45) is 13.4. The van der Waals surface area contributed by atoms with E-state index in [2.05, 4.69) is 34.5 Å². The van der Waals surface area contributed by atoms with Gasteiger partial charge in [0.2, 0.25) is 0 Å². The van der Waals surface area contributed by atoms with Crippen molar-refractivity contribution in [2.45, 2.75) is 63.3 Å². The first-order valence-electron chi connectivity index (χ1n) is 13.3. The molecule has 5 nitrogen and oxygen atoms in total. The number of carbonyl (C=O) groups is 1. The second kappa shape index (κ2) is 8.12. The van der Waals surface area contributed by atoms with Gasteiger partial charge in [0.1, 0.15) is 11.6 Å². The van der Waals surface area contributed by atoms with Crippen molar-refractivity contribution in [1.29, 1.82) is 0 Å². The molecule has 0 radical (unpaired) electrons. The molecule has 0 saturated heterocycles. The van der Waals surface area contributed by atoms with Gasteiger partial charge in [-0.1, -0.05) is 24.6 Å². The number of halogens is 1. The molecule has 36 heavy (non-hydrogen) atoms. The van der Waals surface area contributed by atoms with E-state index < -0.39 is 0 Å². The Morgan fingerprint density at radius 3 is 2.75 bits per heavy atom. The molecular formula is C30H31FN4O. The number of ketones is 1. The fraction of sp³-hybridized carbons (Fsp3) is 0.433. The summed E-state index contributed by atoms with van der Waals surface area (Å²) in [7, 11) is 1.96. The Morgan fingerprint density at radius 2 is 1.97 bits per heavy atom. The van der Waals surface area contributed by atoms with Gasteiger partial charge in [0.25, 0.3) is 0 Å². The van der Waals surface area contributed by atoms with Gasteiger partial charge in [-0.25, -0.2) is 9.37 Å². The maximum absolute atomic E-state index is 15.0. The van der Waals surface area contributed by atoms with Gasteiger partial charge >= 0.3 is 0 Å². The Bertz CT molecular complexity index is 1470. The molecular weight excluding hydrogens is 451 g/mol. The minimum absolute atomic E-state index is 0.221. The fourth-order valence-corrected chi connectivity index (χ4v) is 7.34. The fourth-order valence-electron chi connectivity index (χ4n) is 7.34. The predicted octanol–water partition coefficient (Wildman–Crippen LogP) is 6.58. The second-order valence-electron chi connectivity index (χ2n) is 11.2. The van der Waals surface area contributed by atoms with Crippen LogP contribution in [0.15, 0.2) is 55.1 Å². The van der Waals surface area contributed by atoms with Crippen molar-refractivity contribution >= 4 is 16.7 Å². The third kappa shape index (κ3) is 3.23. The van der Waals surface area contributed by atoms with E-state index in [4.69, 9.17) is 0 Å². The summed E-state index contributed by atoms with van der Waals surface area (Å²) in [5, 5.41) is 5.69. The lowest BCUT2D eigenvalue weighted by atomic mass is 9.55. The number of hydrogen-bond acceptors (Lipinski definition) is 3. The zero-order valence-electron chi connectivity index (χ0n) is 20.7. The number of benzene rings is 2.